The van der Waals surface area contributed by atoms with E-state index >= 15 is 0 Å². The van der Waals surface area contributed by atoms with Crippen LogP contribution in [0, 0.1) is 0 Å². The van der Waals surface area contributed by atoms with Crippen LogP contribution in [0.4, 0.5) is 11.4 Å². The molecule has 7 heteroatoms. The second kappa shape index (κ2) is 6.79. The molecule has 0 radical (unpaired) electrons. The van der Waals surface area contributed by atoms with Crippen molar-refractivity contribution >= 4 is 23.2 Å². The van der Waals surface area contributed by atoms with Crippen LogP contribution >= 0.6 is 0 Å². The van der Waals surface area contributed by atoms with Crippen molar-refractivity contribution in [3.05, 3.63) is 66.9 Å². The van der Waals surface area contributed by atoms with E-state index in [4.69, 9.17) is 0 Å². The third kappa shape index (κ3) is 3.19. The lowest BCUT2D eigenvalue weighted by molar-refractivity contribution is -0.117. The molecule has 3 heterocycles. The van der Waals surface area contributed by atoms with E-state index in [-0.39, 0.29) is 11.8 Å². The van der Waals surface area contributed by atoms with Crippen LogP contribution < -0.4 is 10.2 Å². The van der Waals surface area contributed by atoms with Crippen molar-refractivity contribution in [3.8, 4) is 5.82 Å². The van der Waals surface area contributed by atoms with E-state index in [1.807, 2.05) is 18.2 Å². The summed E-state index contributed by atoms with van der Waals surface area (Å²) in [5.74, 6) is 0.556. The Hall–Kier alpha value is -3.48. The van der Waals surface area contributed by atoms with E-state index in [1.54, 1.807) is 46.4 Å². The molecule has 1 saturated heterocycles. The summed E-state index contributed by atoms with van der Waals surface area (Å²) < 4.78 is 1.76. The Bertz CT molecular complexity index is 935. The van der Waals surface area contributed by atoms with Crippen molar-refractivity contribution < 1.29 is 9.59 Å². The zero-order valence-electron chi connectivity index (χ0n) is 14.0. The lowest BCUT2D eigenvalue weighted by Gasteiger charge is -2.16. The molecule has 0 atom stereocenters. The molecule has 1 fully saturated rings. The second-order valence-corrected chi connectivity index (χ2v) is 6.03. The number of rotatable bonds is 4. The SMILES string of the molecule is O=C(Nc1cccc(N2CCCC2=O)c1)c1ccc(-n2ccnc2)nc1. The summed E-state index contributed by atoms with van der Waals surface area (Å²) in [7, 11) is 0. The predicted molar refractivity (Wildman–Crippen MR) is 97.3 cm³/mol. The maximum absolute atomic E-state index is 12.5. The van der Waals surface area contributed by atoms with E-state index in [1.165, 1.54) is 6.20 Å². The monoisotopic (exact) mass is 347 g/mol. The number of aromatic nitrogens is 3. The van der Waals surface area contributed by atoms with E-state index in [9.17, 15) is 9.59 Å². The summed E-state index contributed by atoms with van der Waals surface area (Å²) in [5.41, 5.74) is 1.90. The number of carbonyl (C=O) groups excluding carboxylic acids is 2. The summed E-state index contributed by atoms with van der Waals surface area (Å²) in [6.07, 6.45) is 8.06. The average Bonchev–Trinajstić information content (AvgIpc) is 3.34. The largest absolute Gasteiger partial charge is 0.322 e. The van der Waals surface area contributed by atoms with Gasteiger partial charge in [0.15, 0.2) is 0 Å². The van der Waals surface area contributed by atoms with E-state index in [0.717, 1.165) is 18.7 Å². The Labute approximate surface area is 150 Å². The van der Waals surface area contributed by atoms with Gasteiger partial charge in [-0.2, -0.15) is 0 Å². The van der Waals surface area contributed by atoms with Crippen molar-refractivity contribution in [1.82, 2.24) is 14.5 Å². The fourth-order valence-electron chi connectivity index (χ4n) is 2.94. The van der Waals surface area contributed by atoms with Gasteiger partial charge in [-0.3, -0.25) is 14.2 Å². The van der Waals surface area contributed by atoms with Gasteiger partial charge in [0.05, 0.1) is 5.56 Å². The Balaban J connectivity index is 1.49. The van der Waals surface area contributed by atoms with Crippen LogP contribution in [-0.4, -0.2) is 32.9 Å². The molecule has 0 spiro atoms. The van der Waals surface area contributed by atoms with Gasteiger partial charge in [0.25, 0.3) is 5.91 Å². The number of nitrogens with zero attached hydrogens (tertiary/aromatic N) is 4. The molecule has 7 nitrogen and oxygen atoms in total. The predicted octanol–water partition coefficient (Wildman–Crippen LogP) is 2.65. The van der Waals surface area contributed by atoms with Gasteiger partial charge in [0.2, 0.25) is 5.91 Å². The van der Waals surface area contributed by atoms with E-state index < -0.39 is 0 Å². The molecule has 130 valence electrons. The zero-order valence-corrected chi connectivity index (χ0v) is 14.0. The number of nitrogens with one attached hydrogen (secondary N) is 1. The standard InChI is InChI=1S/C19H17N5O2/c25-18-5-2-9-24(18)16-4-1-3-15(11-16)22-19(26)14-6-7-17(21-12-14)23-10-8-20-13-23/h1,3-4,6-8,10-13H,2,5,9H2,(H,22,26). The summed E-state index contributed by atoms with van der Waals surface area (Å²) in [6, 6.07) is 10.8. The zero-order chi connectivity index (χ0) is 17.9. The highest BCUT2D eigenvalue weighted by Gasteiger charge is 2.21. The van der Waals surface area contributed by atoms with Gasteiger partial charge < -0.3 is 10.2 Å². The molecule has 2 amide bonds. The first-order valence-corrected chi connectivity index (χ1v) is 8.37. The van der Waals surface area contributed by atoms with E-state index in [2.05, 4.69) is 15.3 Å². The van der Waals surface area contributed by atoms with Crippen LogP contribution in [0.2, 0.25) is 0 Å². The molecule has 3 aromatic rings. The van der Waals surface area contributed by atoms with Crippen LogP contribution in [0.3, 0.4) is 0 Å². The molecule has 0 bridgehead atoms. The third-order valence-electron chi connectivity index (χ3n) is 4.27. The van der Waals surface area contributed by atoms with Crippen LogP contribution in [-0.2, 0) is 4.79 Å². The van der Waals surface area contributed by atoms with Gasteiger partial charge >= 0.3 is 0 Å². The van der Waals surface area contributed by atoms with Crippen LogP contribution in [0.1, 0.15) is 23.2 Å². The fourth-order valence-corrected chi connectivity index (χ4v) is 2.94. The first kappa shape index (κ1) is 16.0. The number of hydrogen-bond acceptors (Lipinski definition) is 4. The van der Waals surface area contributed by atoms with Crippen LogP contribution in [0.5, 0.6) is 0 Å². The molecule has 1 aliphatic rings. The van der Waals surface area contributed by atoms with Crippen LogP contribution in [0.25, 0.3) is 5.82 Å². The minimum absolute atomic E-state index is 0.118. The van der Waals surface area contributed by atoms with Gasteiger partial charge in [-0.25, -0.2) is 9.97 Å². The molecular formula is C19H17N5O2. The fraction of sp³-hybridized carbons (Fsp3) is 0.158. The molecule has 0 aliphatic carbocycles. The maximum atomic E-state index is 12.5. The number of hydrogen-bond donors (Lipinski definition) is 1. The average molecular weight is 347 g/mol. The van der Waals surface area contributed by atoms with Gasteiger partial charge in [0.1, 0.15) is 12.1 Å². The minimum atomic E-state index is -0.250. The Morgan fingerprint density at radius 1 is 1.19 bits per heavy atom. The number of carbonyl (C=O) groups is 2. The topological polar surface area (TPSA) is 80.1 Å². The summed E-state index contributed by atoms with van der Waals surface area (Å²) in [5, 5.41) is 2.86. The molecule has 1 aromatic carbocycles. The number of amides is 2. The van der Waals surface area contributed by atoms with Gasteiger partial charge in [-0.15, -0.1) is 0 Å². The van der Waals surface area contributed by atoms with Crippen molar-refractivity contribution in [3.63, 3.8) is 0 Å². The molecule has 4 rings (SSSR count). The Kier molecular flexibility index (Phi) is 4.18. The second-order valence-electron chi connectivity index (χ2n) is 6.03. The normalized spacial score (nSPS) is 13.8. The van der Waals surface area contributed by atoms with Crippen molar-refractivity contribution in [2.24, 2.45) is 0 Å². The van der Waals surface area contributed by atoms with Crippen LogP contribution in [0.15, 0.2) is 61.3 Å². The first-order valence-electron chi connectivity index (χ1n) is 8.37. The number of benzene rings is 1. The summed E-state index contributed by atoms with van der Waals surface area (Å²) in [4.78, 5) is 34.3. The first-order chi connectivity index (χ1) is 12.7. The number of pyridine rings is 1. The minimum Gasteiger partial charge on any atom is -0.322 e. The highest BCUT2D eigenvalue weighted by atomic mass is 16.2. The van der Waals surface area contributed by atoms with Gasteiger partial charge in [0, 0.05) is 42.9 Å². The molecule has 1 aliphatic heterocycles. The molecule has 1 N–H and O–H groups in total. The molecule has 0 saturated carbocycles. The molecular weight excluding hydrogens is 330 g/mol. The molecule has 2 aromatic heterocycles. The number of imidazole rings is 1. The Morgan fingerprint density at radius 3 is 2.81 bits per heavy atom. The maximum Gasteiger partial charge on any atom is 0.257 e. The van der Waals surface area contributed by atoms with E-state index in [0.29, 0.717) is 23.5 Å². The van der Waals surface area contributed by atoms with Crippen molar-refractivity contribution in [2.45, 2.75) is 12.8 Å². The number of anilines is 2. The molecule has 0 unspecified atom stereocenters. The lowest BCUT2D eigenvalue weighted by Crippen LogP contribution is -2.23. The lowest BCUT2D eigenvalue weighted by atomic mass is 10.2. The summed E-state index contributed by atoms with van der Waals surface area (Å²) >= 11 is 0. The highest BCUT2D eigenvalue weighted by Crippen LogP contribution is 2.24. The third-order valence-corrected chi connectivity index (χ3v) is 4.27. The Morgan fingerprint density at radius 2 is 2.12 bits per heavy atom. The van der Waals surface area contributed by atoms with Crippen molar-refractivity contribution in [1.29, 1.82) is 0 Å². The quantitative estimate of drug-likeness (QED) is 0.787. The van der Waals surface area contributed by atoms with Gasteiger partial charge in [-0.05, 0) is 36.8 Å². The smallest absolute Gasteiger partial charge is 0.257 e. The van der Waals surface area contributed by atoms with Crippen molar-refractivity contribution in [2.75, 3.05) is 16.8 Å². The summed E-state index contributed by atoms with van der Waals surface area (Å²) in [6.45, 7) is 0.718. The highest BCUT2D eigenvalue weighted by molar-refractivity contribution is 6.04. The molecule has 26 heavy (non-hydrogen) atoms. The van der Waals surface area contributed by atoms with Gasteiger partial charge in [-0.1, -0.05) is 6.07 Å².